The van der Waals surface area contributed by atoms with Crippen LogP contribution in [0.4, 0.5) is 8.78 Å². The van der Waals surface area contributed by atoms with Gasteiger partial charge in [-0.1, -0.05) is 25.6 Å². The maximum absolute atomic E-state index is 13.5. The first kappa shape index (κ1) is 15.9. The lowest BCUT2D eigenvalue weighted by Gasteiger charge is -2.11. The van der Waals surface area contributed by atoms with Crippen LogP contribution in [0.25, 0.3) is 11.5 Å². The van der Waals surface area contributed by atoms with Crippen molar-refractivity contribution in [3.05, 3.63) is 53.9 Å². The van der Waals surface area contributed by atoms with Gasteiger partial charge in [0.25, 0.3) is 5.92 Å². The molecule has 0 aliphatic heterocycles. The summed E-state index contributed by atoms with van der Waals surface area (Å²) >= 11 is 0. The monoisotopic (exact) mass is 307 g/mol. The fraction of sp³-hybridized carbons (Fsp3) is 0.250. The molecule has 22 heavy (non-hydrogen) atoms. The number of esters is 1. The Morgan fingerprint density at radius 3 is 2.55 bits per heavy atom. The quantitative estimate of drug-likeness (QED) is 0.619. The predicted molar refractivity (Wildman–Crippen MR) is 76.7 cm³/mol. The van der Waals surface area contributed by atoms with E-state index in [4.69, 9.17) is 4.42 Å². The molecule has 4 nitrogen and oxygen atoms in total. The zero-order valence-electron chi connectivity index (χ0n) is 12.2. The van der Waals surface area contributed by atoms with Crippen LogP contribution in [0.15, 0.2) is 41.3 Å². The predicted octanol–water partition coefficient (Wildman–Crippen LogP) is 3.97. The van der Waals surface area contributed by atoms with Crippen LogP contribution in [0, 0.1) is 0 Å². The van der Waals surface area contributed by atoms with Gasteiger partial charge in [-0.25, -0.2) is 9.78 Å². The molecule has 0 spiro atoms. The first-order valence-electron chi connectivity index (χ1n) is 6.63. The fourth-order valence-electron chi connectivity index (χ4n) is 1.92. The number of hydrogen-bond donors (Lipinski definition) is 0. The van der Waals surface area contributed by atoms with E-state index in [1.165, 1.54) is 31.4 Å². The molecule has 0 unspecified atom stereocenters. The maximum atomic E-state index is 13.5. The Balaban J connectivity index is 2.39. The number of ether oxygens (including phenoxy) is 1. The van der Waals surface area contributed by atoms with E-state index in [0.29, 0.717) is 23.8 Å². The molecule has 1 heterocycles. The third-order valence-corrected chi connectivity index (χ3v) is 3.18. The highest BCUT2D eigenvalue weighted by atomic mass is 19.3. The second kappa shape index (κ2) is 6.09. The average Bonchev–Trinajstić information content (AvgIpc) is 2.98. The van der Waals surface area contributed by atoms with E-state index in [2.05, 4.69) is 16.3 Å². The zero-order chi connectivity index (χ0) is 16.3. The highest BCUT2D eigenvalue weighted by Gasteiger charge is 2.27. The van der Waals surface area contributed by atoms with Crippen molar-refractivity contribution in [2.24, 2.45) is 0 Å². The van der Waals surface area contributed by atoms with Gasteiger partial charge in [0.05, 0.1) is 12.8 Å². The van der Waals surface area contributed by atoms with E-state index in [-0.39, 0.29) is 17.2 Å². The molecule has 0 fully saturated rings. The summed E-state index contributed by atoms with van der Waals surface area (Å²) in [5.74, 6) is -3.50. The van der Waals surface area contributed by atoms with Gasteiger partial charge in [0.1, 0.15) is 0 Å². The number of hydrogen-bond acceptors (Lipinski definition) is 4. The molecular formula is C16H15F2NO3. The fourth-order valence-corrected chi connectivity index (χ4v) is 1.92. The normalized spacial score (nSPS) is 11.3. The van der Waals surface area contributed by atoms with E-state index in [9.17, 15) is 13.6 Å². The SMILES string of the molecule is C=CC(F)(F)c1ccc(-c2nc(CC)c(C(=O)OC)o2)cc1. The van der Waals surface area contributed by atoms with Crippen LogP contribution in [0.1, 0.15) is 28.7 Å². The molecule has 0 saturated heterocycles. The first-order valence-corrected chi connectivity index (χ1v) is 6.63. The van der Waals surface area contributed by atoms with Gasteiger partial charge in [-0.2, -0.15) is 8.78 Å². The van der Waals surface area contributed by atoms with Gasteiger partial charge in [0.15, 0.2) is 0 Å². The Morgan fingerprint density at radius 1 is 1.41 bits per heavy atom. The Bertz CT molecular complexity index is 690. The molecule has 1 aromatic carbocycles. The summed E-state index contributed by atoms with van der Waals surface area (Å²) in [5, 5.41) is 0. The summed E-state index contributed by atoms with van der Waals surface area (Å²) in [4.78, 5) is 15.8. The Labute approximate surface area is 126 Å². The topological polar surface area (TPSA) is 52.3 Å². The molecule has 0 amide bonds. The molecule has 2 aromatic rings. The lowest BCUT2D eigenvalue weighted by molar-refractivity contribution is 0.0525. The van der Waals surface area contributed by atoms with Crippen LogP contribution in [0.5, 0.6) is 0 Å². The third kappa shape index (κ3) is 2.90. The minimum absolute atomic E-state index is 0.0282. The van der Waals surface area contributed by atoms with Crippen LogP contribution in [-0.4, -0.2) is 18.1 Å². The number of oxazole rings is 1. The second-order valence-electron chi connectivity index (χ2n) is 4.54. The third-order valence-electron chi connectivity index (χ3n) is 3.18. The number of benzene rings is 1. The van der Waals surface area contributed by atoms with Gasteiger partial charge in [-0.05, 0) is 24.6 Å². The minimum atomic E-state index is -3.10. The summed E-state index contributed by atoms with van der Waals surface area (Å²) in [6, 6.07) is 5.45. The van der Waals surface area contributed by atoms with Crippen molar-refractivity contribution >= 4 is 5.97 Å². The molecular weight excluding hydrogens is 292 g/mol. The Hall–Kier alpha value is -2.50. The number of allylic oxidation sites excluding steroid dienone is 1. The lowest BCUT2D eigenvalue weighted by Crippen LogP contribution is -2.08. The van der Waals surface area contributed by atoms with Crippen LogP contribution in [0.2, 0.25) is 0 Å². The Morgan fingerprint density at radius 2 is 2.05 bits per heavy atom. The molecule has 1 aromatic heterocycles. The van der Waals surface area contributed by atoms with E-state index in [0.717, 1.165) is 0 Å². The summed E-state index contributed by atoms with van der Waals surface area (Å²) in [6.45, 7) is 4.93. The second-order valence-corrected chi connectivity index (χ2v) is 4.54. The van der Waals surface area contributed by atoms with Crippen molar-refractivity contribution < 1.29 is 22.7 Å². The molecule has 0 aliphatic rings. The summed E-state index contributed by atoms with van der Waals surface area (Å²) < 4.78 is 37.0. The van der Waals surface area contributed by atoms with Gasteiger partial charge in [0.2, 0.25) is 11.7 Å². The highest BCUT2D eigenvalue weighted by molar-refractivity contribution is 5.87. The molecule has 0 atom stereocenters. The summed E-state index contributed by atoms with van der Waals surface area (Å²) in [5.41, 5.74) is 0.775. The molecule has 0 saturated carbocycles. The molecule has 0 bridgehead atoms. The average molecular weight is 307 g/mol. The van der Waals surface area contributed by atoms with Gasteiger partial charge in [-0.3, -0.25) is 0 Å². The smallest absolute Gasteiger partial charge is 0.376 e. The molecule has 0 aliphatic carbocycles. The highest BCUT2D eigenvalue weighted by Crippen LogP contribution is 2.31. The van der Waals surface area contributed by atoms with Crippen LogP contribution in [0.3, 0.4) is 0 Å². The van der Waals surface area contributed by atoms with Crippen LogP contribution >= 0.6 is 0 Å². The molecule has 6 heteroatoms. The summed E-state index contributed by atoms with van der Waals surface area (Å²) in [7, 11) is 1.25. The van der Waals surface area contributed by atoms with Crippen molar-refractivity contribution in [1.29, 1.82) is 0 Å². The van der Waals surface area contributed by atoms with Crippen LogP contribution in [-0.2, 0) is 17.1 Å². The number of methoxy groups -OCH3 is 1. The number of carbonyl (C=O) groups excluding carboxylic acids is 1. The minimum Gasteiger partial charge on any atom is -0.463 e. The number of nitrogens with zero attached hydrogens (tertiary/aromatic N) is 1. The largest absolute Gasteiger partial charge is 0.463 e. The van der Waals surface area contributed by atoms with Crippen molar-refractivity contribution in [3.8, 4) is 11.5 Å². The van der Waals surface area contributed by atoms with Gasteiger partial charge < -0.3 is 9.15 Å². The summed E-state index contributed by atoms with van der Waals surface area (Å²) in [6.07, 6.45) is 1.07. The number of aryl methyl sites for hydroxylation is 1. The number of rotatable bonds is 5. The lowest BCUT2D eigenvalue weighted by atomic mass is 10.1. The Kier molecular flexibility index (Phi) is 4.40. The number of halogens is 2. The number of aromatic nitrogens is 1. The standard InChI is InChI=1S/C16H15F2NO3/c1-4-12-13(15(20)21-3)22-14(19-12)10-6-8-11(9-7-10)16(17,18)5-2/h5-9H,2,4H2,1,3H3. The van der Waals surface area contributed by atoms with Crippen molar-refractivity contribution in [2.45, 2.75) is 19.3 Å². The molecule has 0 radical (unpaired) electrons. The molecule has 0 N–H and O–H groups in total. The van der Waals surface area contributed by atoms with E-state index < -0.39 is 11.9 Å². The van der Waals surface area contributed by atoms with Crippen molar-refractivity contribution in [1.82, 2.24) is 4.98 Å². The molecule has 2 rings (SSSR count). The van der Waals surface area contributed by atoms with Gasteiger partial charge in [-0.15, -0.1) is 0 Å². The number of alkyl halides is 2. The van der Waals surface area contributed by atoms with E-state index >= 15 is 0 Å². The van der Waals surface area contributed by atoms with Crippen LogP contribution < -0.4 is 0 Å². The zero-order valence-corrected chi connectivity index (χ0v) is 12.2. The van der Waals surface area contributed by atoms with Crippen molar-refractivity contribution in [3.63, 3.8) is 0 Å². The number of carbonyl (C=O) groups is 1. The maximum Gasteiger partial charge on any atom is 0.376 e. The van der Waals surface area contributed by atoms with Crippen molar-refractivity contribution in [2.75, 3.05) is 7.11 Å². The first-order chi connectivity index (χ1) is 10.4. The molecule has 116 valence electrons. The van der Waals surface area contributed by atoms with E-state index in [1.807, 2.05) is 6.92 Å². The van der Waals surface area contributed by atoms with Gasteiger partial charge >= 0.3 is 5.97 Å². The van der Waals surface area contributed by atoms with Gasteiger partial charge in [0, 0.05) is 11.1 Å². The van der Waals surface area contributed by atoms with E-state index in [1.54, 1.807) is 0 Å².